The van der Waals surface area contributed by atoms with Crippen LogP contribution in [0, 0.1) is 10.5 Å². The zero-order valence-corrected chi connectivity index (χ0v) is 13.5. The average Bonchev–Trinajstić information content (AvgIpc) is 2.47. The van der Waals surface area contributed by atoms with Crippen molar-refractivity contribution in [3.8, 4) is 0 Å². The van der Waals surface area contributed by atoms with E-state index < -0.39 is 0 Å². The summed E-state index contributed by atoms with van der Waals surface area (Å²) in [5, 5.41) is 14.7. The van der Waals surface area contributed by atoms with E-state index in [2.05, 4.69) is 33.1 Å². The minimum Gasteiger partial charge on any atom is -0.409 e. The highest BCUT2D eigenvalue weighted by atomic mass is 127. The van der Waals surface area contributed by atoms with Crippen LogP contribution in [0.3, 0.4) is 0 Å². The number of amides is 1. The number of carbonyl (C=O) groups is 1. The largest absolute Gasteiger partial charge is 0.409 e. The topological polar surface area (TPSA) is 87.7 Å². The second-order valence-electron chi connectivity index (χ2n) is 4.42. The van der Waals surface area contributed by atoms with Gasteiger partial charge in [0.05, 0.1) is 11.3 Å². The lowest BCUT2D eigenvalue weighted by Gasteiger charge is -2.13. The predicted molar refractivity (Wildman–Crippen MR) is 90.8 cm³/mol. The summed E-state index contributed by atoms with van der Waals surface area (Å²) in [5.41, 5.74) is 8.09. The summed E-state index contributed by atoms with van der Waals surface area (Å²) in [7, 11) is 0. The van der Waals surface area contributed by atoms with Crippen molar-refractivity contribution in [3.05, 3.63) is 62.7 Å². The van der Waals surface area contributed by atoms with Crippen molar-refractivity contribution < 1.29 is 10.0 Å². The number of anilines is 1. The van der Waals surface area contributed by atoms with Crippen LogP contribution in [0.4, 0.5) is 5.69 Å². The van der Waals surface area contributed by atoms with Crippen LogP contribution in [0.15, 0.2) is 47.6 Å². The third kappa shape index (κ3) is 3.33. The molecule has 0 aliphatic heterocycles. The first kappa shape index (κ1) is 15.3. The molecule has 2 aromatic carbocycles. The summed E-state index contributed by atoms with van der Waals surface area (Å²) >= 11 is 2.11. The zero-order chi connectivity index (χ0) is 15.4. The minimum atomic E-state index is -0.238. The van der Waals surface area contributed by atoms with Crippen molar-refractivity contribution in [1.82, 2.24) is 0 Å². The first-order chi connectivity index (χ1) is 10.0. The fraction of sp³-hybridized carbons (Fsp3) is 0.0667. The molecule has 0 heterocycles. The van der Waals surface area contributed by atoms with Gasteiger partial charge in [0.1, 0.15) is 0 Å². The maximum absolute atomic E-state index is 12.4. The molecule has 0 fully saturated rings. The second kappa shape index (κ2) is 6.57. The highest BCUT2D eigenvalue weighted by molar-refractivity contribution is 14.1. The van der Waals surface area contributed by atoms with Crippen LogP contribution in [-0.2, 0) is 0 Å². The first-order valence-corrected chi connectivity index (χ1v) is 7.26. The molecule has 4 N–H and O–H groups in total. The van der Waals surface area contributed by atoms with Crippen LogP contribution in [0.2, 0.25) is 0 Å². The van der Waals surface area contributed by atoms with Crippen LogP contribution in [-0.4, -0.2) is 17.0 Å². The molecule has 5 nitrogen and oxygen atoms in total. The van der Waals surface area contributed by atoms with Crippen molar-refractivity contribution in [1.29, 1.82) is 0 Å². The number of amidine groups is 1. The van der Waals surface area contributed by atoms with Crippen molar-refractivity contribution in [3.63, 3.8) is 0 Å². The van der Waals surface area contributed by atoms with Gasteiger partial charge in [0, 0.05) is 9.13 Å². The molecule has 0 bridgehead atoms. The van der Waals surface area contributed by atoms with Gasteiger partial charge >= 0.3 is 0 Å². The summed E-state index contributed by atoms with van der Waals surface area (Å²) in [6.45, 7) is 1.83. The van der Waals surface area contributed by atoms with Crippen molar-refractivity contribution >= 4 is 40.0 Å². The van der Waals surface area contributed by atoms with E-state index in [-0.39, 0.29) is 11.7 Å². The Morgan fingerprint density at radius 1 is 1.24 bits per heavy atom. The van der Waals surface area contributed by atoms with E-state index in [1.54, 1.807) is 24.3 Å². The maximum Gasteiger partial charge on any atom is 0.256 e. The summed E-state index contributed by atoms with van der Waals surface area (Å²) in [4.78, 5) is 12.4. The molecule has 0 radical (unpaired) electrons. The highest BCUT2D eigenvalue weighted by Crippen LogP contribution is 2.21. The molecule has 0 saturated carbocycles. The number of halogens is 1. The van der Waals surface area contributed by atoms with E-state index in [1.807, 2.05) is 25.1 Å². The van der Waals surface area contributed by atoms with E-state index in [0.29, 0.717) is 16.8 Å². The number of nitrogens with two attached hydrogens (primary N) is 1. The van der Waals surface area contributed by atoms with Crippen molar-refractivity contribution in [2.24, 2.45) is 10.9 Å². The summed E-state index contributed by atoms with van der Waals surface area (Å²) in [6, 6.07) is 12.6. The SMILES string of the molecule is Cc1cccc(NC(=O)c2ccccc2I)c1/C(N)=N/O. The molecular weight excluding hydrogens is 381 g/mol. The first-order valence-electron chi connectivity index (χ1n) is 6.18. The molecule has 0 atom stereocenters. The molecule has 2 rings (SSSR count). The molecule has 0 saturated heterocycles. The number of carbonyl (C=O) groups excluding carboxylic acids is 1. The number of nitrogens with one attached hydrogen (secondary N) is 1. The lowest BCUT2D eigenvalue weighted by Crippen LogP contribution is -2.20. The van der Waals surface area contributed by atoms with Gasteiger partial charge in [0.25, 0.3) is 5.91 Å². The Hall–Kier alpha value is -2.09. The zero-order valence-electron chi connectivity index (χ0n) is 11.3. The number of hydrogen-bond acceptors (Lipinski definition) is 3. The Bertz CT molecular complexity index is 714. The Balaban J connectivity index is 2.39. The number of rotatable bonds is 3. The third-order valence-corrected chi connectivity index (χ3v) is 3.94. The van der Waals surface area contributed by atoms with Gasteiger partial charge in [0.15, 0.2) is 5.84 Å². The minimum absolute atomic E-state index is 0.0360. The molecule has 0 aliphatic rings. The second-order valence-corrected chi connectivity index (χ2v) is 5.58. The van der Waals surface area contributed by atoms with Crippen molar-refractivity contribution in [2.75, 3.05) is 5.32 Å². The number of oxime groups is 1. The molecule has 6 heteroatoms. The van der Waals surface area contributed by atoms with Crippen LogP contribution in [0.1, 0.15) is 21.5 Å². The van der Waals surface area contributed by atoms with E-state index in [0.717, 1.165) is 9.13 Å². The Morgan fingerprint density at radius 3 is 2.62 bits per heavy atom. The molecular formula is C15H14IN3O2. The van der Waals surface area contributed by atoms with E-state index in [1.165, 1.54) is 0 Å². The molecule has 2 aromatic rings. The van der Waals surface area contributed by atoms with Gasteiger partial charge in [-0.15, -0.1) is 0 Å². The highest BCUT2D eigenvalue weighted by Gasteiger charge is 2.15. The fourth-order valence-electron chi connectivity index (χ4n) is 2.00. The van der Waals surface area contributed by atoms with Gasteiger partial charge in [0.2, 0.25) is 0 Å². The van der Waals surface area contributed by atoms with Crippen LogP contribution >= 0.6 is 22.6 Å². The van der Waals surface area contributed by atoms with Gasteiger partial charge in [-0.1, -0.05) is 29.4 Å². The van der Waals surface area contributed by atoms with Gasteiger partial charge in [-0.05, 0) is 53.3 Å². The molecule has 1 amide bonds. The number of aryl methyl sites for hydroxylation is 1. The van der Waals surface area contributed by atoms with Gasteiger partial charge in [-0.2, -0.15) is 0 Å². The monoisotopic (exact) mass is 395 g/mol. The van der Waals surface area contributed by atoms with E-state index in [9.17, 15) is 4.79 Å². The maximum atomic E-state index is 12.4. The van der Waals surface area contributed by atoms with Gasteiger partial charge in [-0.3, -0.25) is 4.79 Å². The summed E-state index contributed by atoms with van der Waals surface area (Å²) < 4.78 is 0.852. The lowest BCUT2D eigenvalue weighted by atomic mass is 10.1. The summed E-state index contributed by atoms with van der Waals surface area (Å²) in [5.74, 6) is -0.274. The molecule has 0 unspecified atom stereocenters. The number of benzene rings is 2. The average molecular weight is 395 g/mol. The molecule has 108 valence electrons. The number of hydrogen-bond donors (Lipinski definition) is 3. The van der Waals surface area contributed by atoms with Crippen molar-refractivity contribution in [2.45, 2.75) is 6.92 Å². The standard InChI is InChI=1S/C15H14IN3O2/c1-9-5-4-8-12(13(9)14(17)19-21)18-15(20)10-6-2-3-7-11(10)16/h2-8,21H,1H3,(H2,17,19)(H,18,20). The van der Waals surface area contributed by atoms with Gasteiger partial charge in [-0.25, -0.2) is 0 Å². The van der Waals surface area contributed by atoms with Gasteiger partial charge < -0.3 is 16.3 Å². The molecule has 0 aliphatic carbocycles. The Kier molecular flexibility index (Phi) is 4.79. The Morgan fingerprint density at radius 2 is 1.95 bits per heavy atom. The predicted octanol–water partition coefficient (Wildman–Crippen LogP) is 2.95. The third-order valence-electron chi connectivity index (χ3n) is 3.00. The Labute approximate surface area is 136 Å². The quantitative estimate of drug-likeness (QED) is 0.246. The van der Waals surface area contributed by atoms with Crippen LogP contribution in [0.5, 0.6) is 0 Å². The van der Waals surface area contributed by atoms with Crippen LogP contribution < -0.4 is 11.1 Å². The fourth-order valence-corrected chi connectivity index (χ4v) is 2.63. The smallest absolute Gasteiger partial charge is 0.256 e. The van der Waals surface area contributed by atoms with Crippen LogP contribution in [0.25, 0.3) is 0 Å². The molecule has 0 spiro atoms. The molecule has 21 heavy (non-hydrogen) atoms. The van der Waals surface area contributed by atoms with E-state index >= 15 is 0 Å². The normalized spacial score (nSPS) is 11.2. The molecule has 0 aromatic heterocycles. The number of nitrogens with zero attached hydrogens (tertiary/aromatic N) is 1. The summed E-state index contributed by atoms with van der Waals surface area (Å²) in [6.07, 6.45) is 0. The lowest BCUT2D eigenvalue weighted by molar-refractivity contribution is 0.102. The van der Waals surface area contributed by atoms with E-state index in [4.69, 9.17) is 10.9 Å².